The number of hydrogen-bond acceptors (Lipinski definition) is 3. The highest BCUT2D eigenvalue weighted by Gasteiger charge is 2.44. The van der Waals surface area contributed by atoms with Gasteiger partial charge in [0, 0.05) is 12.3 Å². The van der Waals surface area contributed by atoms with Gasteiger partial charge < -0.3 is 4.79 Å². The van der Waals surface area contributed by atoms with Crippen molar-refractivity contribution in [3.63, 3.8) is 0 Å². The van der Waals surface area contributed by atoms with Gasteiger partial charge in [0.15, 0.2) is 0 Å². The first-order valence-electron chi connectivity index (χ1n) is 6.84. The molecule has 0 N–H and O–H groups in total. The van der Waals surface area contributed by atoms with E-state index in [0.717, 1.165) is 11.8 Å². The second-order valence-corrected chi connectivity index (χ2v) is 5.67. The summed E-state index contributed by atoms with van der Waals surface area (Å²) in [5.74, 6) is -1.36. The van der Waals surface area contributed by atoms with E-state index >= 15 is 0 Å². The van der Waals surface area contributed by atoms with Crippen LogP contribution < -0.4 is 4.90 Å². The standard InChI is InChI=1S/C16H19NO3/c1-10(2)14(9-18)13-8-15(19)17(16(13)20)12-6-4-11(3)5-7-12/h4-7,9-10,13-14H,8H2,1-3H3/t13-,14+/m0/s1. The van der Waals surface area contributed by atoms with Crippen LogP contribution in [0, 0.1) is 24.7 Å². The van der Waals surface area contributed by atoms with Crippen molar-refractivity contribution in [1.29, 1.82) is 0 Å². The summed E-state index contributed by atoms with van der Waals surface area (Å²) in [6, 6.07) is 7.25. The molecular weight excluding hydrogens is 254 g/mol. The van der Waals surface area contributed by atoms with Crippen LogP contribution in [0.1, 0.15) is 25.8 Å². The number of anilines is 1. The summed E-state index contributed by atoms with van der Waals surface area (Å²) >= 11 is 0. The van der Waals surface area contributed by atoms with Crippen molar-refractivity contribution in [3.05, 3.63) is 29.8 Å². The number of rotatable bonds is 4. The molecule has 1 aromatic rings. The zero-order chi connectivity index (χ0) is 14.9. The monoisotopic (exact) mass is 273 g/mol. The van der Waals surface area contributed by atoms with Gasteiger partial charge in [-0.1, -0.05) is 31.5 Å². The highest BCUT2D eigenvalue weighted by molar-refractivity contribution is 6.21. The van der Waals surface area contributed by atoms with E-state index in [-0.39, 0.29) is 24.2 Å². The molecule has 1 aliphatic heterocycles. The molecule has 4 heteroatoms. The second kappa shape index (κ2) is 5.57. The molecule has 2 atom stereocenters. The molecule has 1 fully saturated rings. The fourth-order valence-corrected chi connectivity index (χ4v) is 2.64. The maximum atomic E-state index is 12.5. The number of hydrogen-bond donors (Lipinski definition) is 0. The predicted octanol–water partition coefficient (Wildman–Crippen LogP) is 2.35. The number of nitrogens with zero attached hydrogens (tertiary/aromatic N) is 1. The van der Waals surface area contributed by atoms with Crippen molar-refractivity contribution in [2.75, 3.05) is 4.90 Å². The topological polar surface area (TPSA) is 54.5 Å². The molecule has 2 rings (SSSR count). The largest absolute Gasteiger partial charge is 0.303 e. The summed E-state index contributed by atoms with van der Waals surface area (Å²) < 4.78 is 0. The molecule has 106 valence electrons. The molecule has 0 saturated carbocycles. The van der Waals surface area contributed by atoms with Crippen LogP contribution in [0.15, 0.2) is 24.3 Å². The molecule has 0 unspecified atom stereocenters. The minimum absolute atomic E-state index is 0.0483. The van der Waals surface area contributed by atoms with E-state index in [4.69, 9.17) is 0 Å². The number of carbonyl (C=O) groups excluding carboxylic acids is 3. The molecule has 1 heterocycles. The molecule has 2 amide bonds. The Morgan fingerprint density at radius 2 is 1.80 bits per heavy atom. The third-order valence-electron chi connectivity index (χ3n) is 3.87. The van der Waals surface area contributed by atoms with Crippen LogP contribution in [-0.2, 0) is 14.4 Å². The second-order valence-electron chi connectivity index (χ2n) is 5.67. The fourth-order valence-electron chi connectivity index (χ4n) is 2.64. The van der Waals surface area contributed by atoms with E-state index < -0.39 is 11.8 Å². The zero-order valence-electron chi connectivity index (χ0n) is 12.0. The minimum Gasteiger partial charge on any atom is -0.303 e. The molecule has 0 aromatic heterocycles. The van der Waals surface area contributed by atoms with E-state index in [1.165, 1.54) is 4.90 Å². The van der Waals surface area contributed by atoms with Gasteiger partial charge in [-0.3, -0.25) is 14.5 Å². The lowest BCUT2D eigenvalue weighted by molar-refractivity contribution is -0.126. The number of aryl methyl sites for hydroxylation is 1. The Bertz CT molecular complexity index is 533. The first kappa shape index (κ1) is 14.4. The van der Waals surface area contributed by atoms with Crippen LogP contribution in [0.2, 0.25) is 0 Å². The summed E-state index contributed by atoms with van der Waals surface area (Å²) in [5.41, 5.74) is 1.65. The van der Waals surface area contributed by atoms with Gasteiger partial charge >= 0.3 is 0 Å². The Morgan fingerprint density at radius 3 is 2.30 bits per heavy atom. The molecule has 20 heavy (non-hydrogen) atoms. The van der Waals surface area contributed by atoms with Gasteiger partial charge in [-0.2, -0.15) is 0 Å². The molecule has 0 bridgehead atoms. The first-order chi connectivity index (χ1) is 9.45. The molecule has 4 nitrogen and oxygen atoms in total. The Hall–Kier alpha value is -1.97. The number of imide groups is 1. The van der Waals surface area contributed by atoms with Gasteiger partial charge in [0.1, 0.15) is 6.29 Å². The average Bonchev–Trinajstić information content (AvgIpc) is 2.67. The van der Waals surface area contributed by atoms with E-state index in [0.29, 0.717) is 5.69 Å². The molecule has 0 spiro atoms. The highest BCUT2D eigenvalue weighted by atomic mass is 16.2. The molecule has 1 aliphatic rings. The number of carbonyl (C=O) groups is 3. The first-order valence-corrected chi connectivity index (χ1v) is 6.84. The summed E-state index contributed by atoms with van der Waals surface area (Å²) in [6.45, 7) is 5.73. The van der Waals surface area contributed by atoms with Crippen molar-refractivity contribution >= 4 is 23.8 Å². The van der Waals surface area contributed by atoms with Crippen molar-refractivity contribution in [2.45, 2.75) is 27.2 Å². The molecule has 1 saturated heterocycles. The quantitative estimate of drug-likeness (QED) is 0.625. The number of benzene rings is 1. The average molecular weight is 273 g/mol. The van der Waals surface area contributed by atoms with Gasteiger partial charge in [-0.25, -0.2) is 0 Å². The van der Waals surface area contributed by atoms with Crippen LogP contribution in [0.5, 0.6) is 0 Å². The van der Waals surface area contributed by atoms with E-state index in [1.54, 1.807) is 12.1 Å². The molecule has 0 radical (unpaired) electrons. The van der Waals surface area contributed by atoms with Crippen molar-refractivity contribution in [1.82, 2.24) is 0 Å². The SMILES string of the molecule is Cc1ccc(N2C(=O)C[C@@H]([C@H](C=O)C(C)C)C2=O)cc1. The highest BCUT2D eigenvalue weighted by Crippen LogP contribution is 2.33. The smallest absolute Gasteiger partial charge is 0.238 e. The maximum absolute atomic E-state index is 12.5. The van der Waals surface area contributed by atoms with Gasteiger partial charge in [0.2, 0.25) is 11.8 Å². The Kier molecular flexibility index (Phi) is 4.02. The van der Waals surface area contributed by atoms with Crippen molar-refractivity contribution in [2.24, 2.45) is 17.8 Å². The third-order valence-corrected chi connectivity index (χ3v) is 3.87. The van der Waals surface area contributed by atoms with Gasteiger partial charge in [-0.05, 0) is 25.0 Å². The molecule has 0 aliphatic carbocycles. The van der Waals surface area contributed by atoms with Crippen LogP contribution in [0.4, 0.5) is 5.69 Å². The zero-order valence-corrected chi connectivity index (χ0v) is 12.0. The Balaban J connectivity index is 2.29. The normalized spacial score (nSPS) is 20.6. The van der Waals surface area contributed by atoms with Crippen LogP contribution in [0.25, 0.3) is 0 Å². The third kappa shape index (κ3) is 2.50. The lowest BCUT2D eigenvalue weighted by Gasteiger charge is -2.20. The summed E-state index contributed by atoms with van der Waals surface area (Å²) in [6.07, 6.45) is 0.924. The van der Waals surface area contributed by atoms with E-state index in [1.807, 2.05) is 32.9 Å². The molecule has 1 aromatic carbocycles. The predicted molar refractivity (Wildman–Crippen MR) is 76.2 cm³/mol. The summed E-state index contributed by atoms with van der Waals surface area (Å²) in [5, 5.41) is 0. The lowest BCUT2D eigenvalue weighted by Crippen LogP contribution is -2.33. The molecular formula is C16H19NO3. The summed E-state index contributed by atoms with van der Waals surface area (Å²) in [4.78, 5) is 37.0. The van der Waals surface area contributed by atoms with Gasteiger partial charge in [-0.15, -0.1) is 0 Å². The van der Waals surface area contributed by atoms with Gasteiger partial charge in [0.05, 0.1) is 11.6 Å². The van der Waals surface area contributed by atoms with Crippen LogP contribution in [-0.4, -0.2) is 18.1 Å². The van der Waals surface area contributed by atoms with Gasteiger partial charge in [0.25, 0.3) is 0 Å². The van der Waals surface area contributed by atoms with Crippen molar-refractivity contribution < 1.29 is 14.4 Å². The summed E-state index contributed by atoms with van der Waals surface area (Å²) in [7, 11) is 0. The van der Waals surface area contributed by atoms with Crippen LogP contribution in [0.3, 0.4) is 0 Å². The van der Waals surface area contributed by atoms with Crippen molar-refractivity contribution in [3.8, 4) is 0 Å². The minimum atomic E-state index is -0.527. The fraction of sp³-hybridized carbons (Fsp3) is 0.438. The number of aldehydes is 1. The van der Waals surface area contributed by atoms with E-state index in [9.17, 15) is 14.4 Å². The lowest BCUT2D eigenvalue weighted by atomic mass is 9.83. The Morgan fingerprint density at radius 1 is 1.20 bits per heavy atom. The number of amides is 2. The maximum Gasteiger partial charge on any atom is 0.238 e. The van der Waals surface area contributed by atoms with E-state index in [2.05, 4.69) is 0 Å². The van der Waals surface area contributed by atoms with Crippen LogP contribution >= 0.6 is 0 Å². The Labute approximate surface area is 118 Å².